The van der Waals surface area contributed by atoms with E-state index in [1.54, 1.807) is 0 Å². The first-order valence-corrected chi connectivity index (χ1v) is 12.6. The van der Waals surface area contributed by atoms with Gasteiger partial charge in [-0.05, 0) is 53.6 Å². The van der Waals surface area contributed by atoms with Crippen molar-refractivity contribution in [3.8, 4) is 11.1 Å². The van der Waals surface area contributed by atoms with E-state index in [0.29, 0.717) is 12.5 Å². The minimum Gasteiger partial charge on any atom is -0.351 e. The van der Waals surface area contributed by atoms with E-state index in [-0.39, 0.29) is 0 Å². The quantitative estimate of drug-likeness (QED) is 0.614. The Morgan fingerprint density at radius 3 is 2.61 bits per heavy atom. The van der Waals surface area contributed by atoms with Crippen LogP contribution in [0.4, 0.5) is 0 Å². The molecule has 0 spiro atoms. The summed E-state index contributed by atoms with van der Waals surface area (Å²) < 4.78 is 2.18. The standard InChI is InChI=1S/C28H34N4O/c1-29-12-11-26-25(6-3-7-27(26)29)22-8-9-23-19-30(13-10-21(23)18-22)20-28(33)32-16-14-31(15-17-32)24-4-2-5-24/h3,6-9,11-12,18,24H,2,4-5,10,13-17,19-20H2,1H3. The predicted molar refractivity (Wildman–Crippen MR) is 133 cm³/mol. The van der Waals surface area contributed by atoms with Crippen molar-refractivity contribution in [2.24, 2.45) is 7.05 Å². The lowest BCUT2D eigenvalue weighted by atomic mass is 9.91. The van der Waals surface area contributed by atoms with E-state index in [2.05, 4.69) is 75.0 Å². The molecule has 3 aliphatic rings. The zero-order valence-corrected chi connectivity index (χ0v) is 19.7. The molecule has 1 saturated heterocycles. The van der Waals surface area contributed by atoms with Crippen LogP contribution in [0.5, 0.6) is 0 Å². The van der Waals surface area contributed by atoms with Gasteiger partial charge in [-0.15, -0.1) is 0 Å². The van der Waals surface area contributed by atoms with Crippen LogP contribution in [0, 0.1) is 0 Å². The molecule has 33 heavy (non-hydrogen) atoms. The number of amides is 1. The van der Waals surface area contributed by atoms with Gasteiger partial charge in [-0.2, -0.15) is 0 Å². The Balaban J connectivity index is 1.10. The number of rotatable bonds is 4. The molecule has 0 N–H and O–H groups in total. The van der Waals surface area contributed by atoms with Crippen molar-refractivity contribution >= 4 is 16.8 Å². The summed E-state index contributed by atoms with van der Waals surface area (Å²) in [5, 5.41) is 1.31. The Labute approximate surface area is 196 Å². The number of hydrogen-bond donors (Lipinski definition) is 0. The second-order valence-electron chi connectivity index (χ2n) is 10.1. The highest BCUT2D eigenvalue weighted by Gasteiger charge is 2.30. The molecule has 2 fully saturated rings. The number of benzene rings is 2. The van der Waals surface area contributed by atoms with Gasteiger partial charge in [-0.25, -0.2) is 0 Å². The molecule has 1 aliphatic carbocycles. The predicted octanol–water partition coefficient (Wildman–Crippen LogP) is 3.90. The third-order valence-corrected chi connectivity index (χ3v) is 8.15. The molecule has 5 nitrogen and oxygen atoms in total. The molecule has 0 bridgehead atoms. The molecule has 0 atom stereocenters. The third-order valence-electron chi connectivity index (χ3n) is 8.15. The van der Waals surface area contributed by atoms with E-state index >= 15 is 0 Å². The van der Waals surface area contributed by atoms with Gasteiger partial charge in [0.25, 0.3) is 0 Å². The number of aryl methyl sites for hydroxylation is 1. The molecule has 3 aromatic rings. The van der Waals surface area contributed by atoms with E-state index < -0.39 is 0 Å². The Kier molecular flexibility index (Phi) is 5.47. The molecular formula is C28H34N4O. The van der Waals surface area contributed by atoms with Gasteiger partial charge in [-0.3, -0.25) is 14.6 Å². The minimum atomic E-state index is 0.305. The van der Waals surface area contributed by atoms with Crippen LogP contribution in [-0.4, -0.2) is 70.5 Å². The monoisotopic (exact) mass is 442 g/mol. The van der Waals surface area contributed by atoms with Crippen molar-refractivity contribution < 1.29 is 4.79 Å². The second-order valence-corrected chi connectivity index (χ2v) is 10.1. The first-order chi connectivity index (χ1) is 16.2. The van der Waals surface area contributed by atoms with Crippen LogP contribution in [0.3, 0.4) is 0 Å². The first-order valence-electron chi connectivity index (χ1n) is 12.6. The maximum Gasteiger partial charge on any atom is 0.236 e. The van der Waals surface area contributed by atoms with Gasteiger partial charge in [0.1, 0.15) is 0 Å². The van der Waals surface area contributed by atoms with Crippen molar-refractivity contribution in [3.05, 3.63) is 59.8 Å². The Morgan fingerprint density at radius 2 is 1.82 bits per heavy atom. The maximum absolute atomic E-state index is 13.0. The van der Waals surface area contributed by atoms with E-state index in [0.717, 1.165) is 51.7 Å². The largest absolute Gasteiger partial charge is 0.351 e. The summed E-state index contributed by atoms with van der Waals surface area (Å²) in [4.78, 5) is 20.0. The number of carbonyl (C=O) groups is 1. The van der Waals surface area contributed by atoms with Crippen molar-refractivity contribution in [1.29, 1.82) is 0 Å². The number of piperazine rings is 1. The van der Waals surface area contributed by atoms with Crippen molar-refractivity contribution in [3.63, 3.8) is 0 Å². The van der Waals surface area contributed by atoms with Gasteiger partial charge in [0.15, 0.2) is 0 Å². The molecule has 172 valence electrons. The van der Waals surface area contributed by atoms with Gasteiger partial charge in [0.2, 0.25) is 5.91 Å². The molecule has 3 heterocycles. The molecule has 5 heteroatoms. The first kappa shape index (κ1) is 20.9. The molecule has 0 unspecified atom stereocenters. The van der Waals surface area contributed by atoms with Crippen LogP contribution in [-0.2, 0) is 24.8 Å². The molecule has 6 rings (SSSR count). The molecule has 0 radical (unpaired) electrons. The molecule has 2 aliphatic heterocycles. The third kappa shape index (κ3) is 3.98. The highest BCUT2D eigenvalue weighted by Crippen LogP contribution is 2.32. The average Bonchev–Trinajstić information content (AvgIpc) is 3.19. The number of carbonyl (C=O) groups excluding carboxylic acids is 1. The summed E-state index contributed by atoms with van der Waals surface area (Å²) in [6, 6.07) is 16.5. The fraction of sp³-hybridized carbons (Fsp3) is 0.464. The van der Waals surface area contributed by atoms with Crippen LogP contribution in [0.25, 0.3) is 22.0 Å². The number of fused-ring (bicyclic) bond motifs is 2. The molecule has 2 aromatic carbocycles. The van der Waals surface area contributed by atoms with Crippen LogP contribution in [0.2, 0.25) is 0 Å². The van der Waals surface area contributed by atoms with Gasteiger partial charge >= 0.3 is 0 Å². The van der Waals surface area contributed by atoms with Gasteiger partial charge in [0, 0.05) is 69.5 Å². The summed E-state index contributed by atoms with van der Waals surface area (Å²) in [5.41, 5.74) is 6.66. The van der Waals surface area contributed by atoms with Crippen molar-refractivity contribution in [2.45, 2.75) is 38.3 Å². The second kappa shape index (κ2) is 8.62. The minimum absolute atomic E-state index is 0.305. The van der Waals surface area contributed by atoms with E-state index in [4.69, 9.17) is 0 Å². The van der Waals surface area contributed by atoms with Gasteiger partial charge < -0.3 is 9.47 Å². The van der Waals surface area contributed by atoms with E-state index in [1.807, 2.05) is 0 Å². The lowest BCUT2D eigenvalue weighted by Gasteiger charge is -2.43. The van der Waals surface area contributed by atoms with Crippen molar-refractivity contribution in [1.82, 2.24) is 19.3 Å². The molecular weight excluding hydrogens is 408 g/mol. The summed E-state index contributed by atoms with van der Waals surface area (Å²) in [5.74, 6) is 0.305. The zero-order valence-electron chi connectivity index (χ0n) is 19.7. The number of aromatic nitrogens is 1. The number of nitrogens with zero attached hydrogens (tertiary/aromatic N) is 4. The Hall–Kier alpha value is -2.63. The van der Waals surface area contributed by atoms with Gasteiger partial charge in [-0.1, -0.05) is 36.8 Å². The SMILES string of the molecule is Cn1ccc2c(-c3ccc4c(c3)CCN(CC(=O)N3CCN(C5CCC5)CC3)C4)cccc21. The topological polar surface area (TPSA) is 31.7 Å². The average molecular weight is 443 g/mol. The molecule has 1 amide bonds. The highest BCUT2D eigenvalue weighted by atomic mass is 16.2. The van der Waals surface area contributed by atoms with E-state index in [1.165, 1.54) is 52.4 Å². The lowest BCUT2D eigenvalue weighted by Crippen LogP contribution is -2.55. The number of hydrogen-bond acceptors (Lipinski definition) is 3. The van der Waals surface area contributed by atoms with Crippen LogP contribution >= 0.6 is 0 Å². The smallest absolute Gasteiger partial charge is 0.236 e. The molecule has 1 aromatic heterocycles. The fourth-order valence-corrected chi connectivity index (χ4v) is 5.85. The normalized spacial score (nSPS) is 20.1. The maximum atomic E-state index is 13.0. The van der Waals surface area contributed by atoms with Crippen LogP contribution in [0.1, 0.15) is 30.4 Å². The summed E-state index contributed by atoms with van der Waals surface area (Å²) in [6.07, 6.45) is 7.22. The zero-order chi connectivity index (χ0) is 22.4. The summed E-state index contributed by atoms with van der Waals surface area (Å²) in [6.45, 7) is 6.28. The highest BCUT2D eigenvalue weighted by molar-refractivity contribution is 5.95. The Bertz CT molecular complexity index is 1170. The fourth-order valence-electron chi connectivity index (χ4n) is 5.85. The lowest BCUT2D eigenvalue weighted by molar-refractivity contribution is -0.135. The van der Waals surface area contributed by atoms with Crippen LogP contribution < -0.4 is 0 Å². The molecule has 1 saturated carbocycles. The van der Waals surface area contributed by atoms with Crippen molar-refractivity contribution in [2.75, 3.05) is 39.3 Å². The van der Waals surface area contributed by atoms with Crippen LogP contribution in [0.15, 0.2) is 48.7 Å². The summed E-state index contributed by atoms with van der Waals surface area (Å²) in [7, 11) is 2.10. The summed E-state index contributed by atoms with van der Waals surface area (Å²) >= 11 is 0. The van der Waals surface area contributed by atoms with Gasteiger partial charge in [0.05, 0.1) is 6.54 Å². The Morgan fingerprint density at radius 1 is 0.970 bits per heavy atom. The van der Waals surface area contributed by atoms with E-state index in [9.17, 15) is 4.79 Å².